The van der Waals surface area contributed by atoms with Gasteiger partial charge in [0.05, 0.1) is 4.90 Å². The highest BCUT2D eigenvalue weighted by molar-refractivity contribution is 7.79. The van der Waals surface area contributed by atoms with Crippen molar-refractivity contribution in [3.63, 3.8) is 0 Å². The Morgan fingerprint density at radius 2 is 1.60 bits per heavy atom. The molecule has 0 saturated carbocycles. The van der Waals surface area contributed by atoms with E-state index in [9.17, 15) is 9.00 Å². The first-order valence-electron chi connectivity index (χ1n) is 11.2. The molecule has 0 aromatic heterocycles. The maximum absolute atomic E-state index is 11.4. The second-order valence-corrected chi connectivity index (χ2v) is 8.10. The number of carbonyl (C=O) groups is 1. The summed E-state index contributed by atoms with van der Waals surface area (Å²) in [6.07, 6.45) is 10.1. The average molecular weight is 441 g/mol. The fraction of sp³-hybridized carbons (Fsp3) is 0.625. The Labute approximate surface area is 187 Å². The smallest absolute Gasteiger partial charge is 0.222 e. The molecule has 1 aliphatic rings. The number of hydrogen-bond donors (Lipinski definition) is 2. The molecule has 174 valence electrons. The Morgan fingerprint density at radius 1 is 1.10 bits per heavy atom. The summed E-state index contributed by atoms with van der Waals surface area (Å²) >= 11 is -1.87. The molecule has 1 fully saturated rings. The van der Waals surface area contributed by atoms with E-state index in [1.54, 1.807) is 18.2 Å². The lowest BCUT2D eigenvalue weighted by Crippen LogP contribution is -2.27. The maximum Gasteiger partial charge on any atom is 0.222 e. The van der Waals surface area contributed by atoms with Crippen molar-refractivity contribution < 1.29 is 13.6 Å². The minimum atomic E-state index is -1.87. The van der Waals surface area contributed by atoms with E-state index in [4.69, 9.17) is 10.3 Å². The molecule has 0 spiro atoms. The topological polar surface area (TPSA) is 83.6 Å². The second kappa shape index (κ2) is 22.2. The van der Waals surface area contributed by atoms with E-state index < -0.39 is 11.1 Å². The molecule has 1 atom stereocenters. The van der Waals surface area contributed by atoms with E-state index >= 15 is 0 Å². The van der Waals surface area contributed by atoms with Gasteiger partial charge in [-0.3, -0.25) is 4.79 Å². The summed E-state index contributed by atoms with van der Waals surface area (Å²) in [6.45, 7) is 14.8. The number of nitrogens with two attached hydrogens (primary N) is 1. The van der Waals surface area contributed by atoms with E-state index in [0.29, 0.717) is 23.8 Å². The van der Waals surface area contributed by atoms with Crippen LogP contribution >= 0.6 is 0 Å². The van der Waals surface area contributed by atoms with Gasteiger partial charge in [-0.15, -0.1) is 6.58 Å². The van der Waals surface area contributed by atoms with E-state index in [1.807, 2.05) is 17.0 Å². The molecule has 1 amide bonds. The highest BCUT2D eigenvalue weighted by atomic mass is 32.2. The summed E-state index contributed by atoms with van der Waals surface area (Å²) in [7, 11) is 0. The third kappa shape index (κ3) is 17.4. The largest absolute Gasteiger partial charge is 0.343 e. The molecule has 6 heteroatoms. The Bertz CT molecular complexity index is 554. The molecular weight excluding hydrogens is 396 g/mol. The summed E-state index contributed by atoms with van der Waals surface area (Å²) in [5.74, 6) is 0.320. The van der Waals surface area contributed by atoms with Crippen molar-refractivity contribution in [2.24, 2.45) is 5.73 Å². The number of hydrogen-bond acceptors (Lipinski definition) is 3. The molecule has 30 heavy (non-hydrogen) atoms. The Kier molecular flexibility index (Phi) is 22.7. The molecular formula is C24H44N2O3S. The van der Waals surface area contributed by atoms with Gasteiger partial charge in [0.25, 0.3) is 0 Å². The minimum Gasteiger partial charge on any atom is -0.343 e. The molecule has 1 unspecified atom stereocenters. The zero-order chi connectivity index (χ0) is 23.2. The van der Waals surface area contributed by atoms with Crippen LogP contribution in [0, 0.1) is 0 Å². The van der Waals surface area contributed by atoms with Gasteiger partial charge >= 0.3 is 0 Å². The highest BCUT2D eigenvalue weighted by Crippen LogP contribution is 2.10. The van der Waals surface area contributed by atoms with Gasteiger partial charge in [-0.1, -0.05) is 58.7 Å². The summed E-state index contributed by atoms with van der Waals surface area (Å²) < 4.78 is 19.3. The van der Waals surface area contributed by atoms with E-state index in [-0.39, 0.29) is 0 Å². The first kappa shape index (κ1) is 30.7. The third-order valence-electron chi connectivity index (χ3n) is 3.81. The monoisotopic (exact) mass is 440 g/mol. The van der Waals surface area contributed by atoms with Crippen LogP contribution in [0.3, 0.4) is 0 Å². The van der Waals surface area contributed by atoms with Crippen LogP contribution in [-0.4, -0.2) is 39.2 Å². The van der Waals surface area contributed by atoms with Gasteiger partial charge in [-0.05, 0) is 56.3 Å². The average Bonchev–Trinajstić information content (AvgIpc) is 3.26. The molecule has 0 aliphatic carbocycles. The summed E-state index contributed by atoms with van der Waals surface area (Å²) in [5, 5.41) is 0. The van der Waals surface area contributed by atoms with Crippen molar-refractivity contribution in [2.75, 3.05) is 19.6 Å². The molecule has 3 N–H and O–H groups in total. The van der Waals surface area contributed by atoms with Crippen LogP contribution in [0.4, 0.5) is 0 Å². The van der Waals surface area contributed by atoms with E-state index in [2.05, 4.69) is 34.3 Å². The van der Waals surface area contributed by atoms with Crippen LogP contribution in [-0.2, 0) is 22.3 Å². The standard InChI is InChI=1S/C9H18N2O.C9H10O2S.2C3H8/c10-6-2-1-5-9(12)11-7-3-4-8-11;1-2-3-8-4-6-9(7-5-8)12(10)11;2*1-3-2/h1-8,10H2;2,4-7H,1,3H2,(H,10,11);2*3H2,1-2H3. The fourth-order valence-corrected chi connectivity index (χ4v) is 2.82. The van der Waals surface area contributed by atoms with Gasteiger partial charge in [-0.2, -0.15) is 0 Å². The lowest BCUT2D eigenvalue weighted by molar-refractivity contribution is -0.130. The molecule has 0 radical (unpaired) electrons. The zero-order valence-corrected chi connectivity index (χ0v) is 20.4. The van der Waals surface area contributed by atoms with Crippen LogP contribution < -0.4 is 5.73 Å². The van der Waals surface area contributed by atoms with Gasteiger partial charge in [0.2, 0.25) is 5.91 Å². The van der Waals surface area contributed by atoms with Crippen molar-refractivity contribution >= 4 is 17.0 Å². The van der Waals surface area contributed by atoms with Gasteiger partial charge in [0, 0.05) is 19.5 Å². The van der Waals surface area contributed by atoms with Crippen LogP contribution in [0.1, 0.15) is 78.2 Å². The van der Waals surface area contributed by atoms with Gasteiger partial charge in [0.15, 0.2) is 11.1 Å². The minimum absolute atomic E-state index is 0.320. The maximum atomic E-state index is 11.4. The summed E-state index contributed by atoms with van der Waals surface area (Å²) in [4.78, 5) is 13.8. The number of allylic oxidation sites excluding steroid dienone is 1. The zero-order valence-electron chi connectivity index (χ0n) is 19.6. The van der Waals surface area contributed by atoms with Gasteiger partial charge < -0.3 is 15.2 Å². The molecule has 1 aromatic carbocycles. The highest BCUT2D eigenvalue weighted by Gasteiger charge is 2.16. The first-order chi connectivity index (χ1) is 14.4. The normalized spacial score (nSPS) is 12.9. The van der Waals surface area contributed by atoms with Crippen molar-refractivity contribution in [3.05, 3.63) is 42.5 Å². The van der Waals surface area contributed by atoms with E-state index in [1.165, 1.54) is 25.7 Å². The molecule has 1 heterocycles. The molecule has 5 nitrogen and oxygen atoms in total. The summed E-state index contributed by atoms with van der Waals surface area (Å²) in [5.41, 5.74) is 6.44. The summed E-state index contributed by atoms with van der Waals surface area (Å²) in [6, 6.07) is 6.94. The number of unbranched alkanes of at least 4 members (excludes halogenated alkanes) is 1. The Morgan fingerprint density at radius 3 is 2.00 bits per heavy atom. The predicted octanol–water partition coefficient (Wildman–Crippen LogP) is 5.57. The number of nitrogens with zero attached hydrogens (tertiary/aromatic N) is 1. The van der Waals surface area contributed by atoms with Crippen LogP contribution in [0.15, 0.2) is 41.8 Å². The van der Waals surface area contributed by atoms with Gasteiger partial charge in [0.1, 0.15) is 0 Å². The number of rotatable bonds is 7. The lowest BCUT2D eigenvalue weighted by atomic mass is 10.2. The quantitative estimate of drug-likeness (QED) is 0.330. The van der Waals surface area contributed by atoms with Crippen LogP contribution in [0.5, 0.6) is 0 Å². The molecule has 0 bridgehead atoms. The third-order valence-corrected chi connectivity index (χ3v) is 4.48. The molecule has 1 aliphatic heterocycles. The first-order valence-corrected chi connectivity index (χ1v) is 12.3. The van der Waals surface area contributed by atoms with E-state index in [0.717, 1.165) is 37.9 Å². The molecule has 2 rings (SSSR count). The predicted molar refractivity (Wildman–Crippen MR) is 130 cm³/mol. The number of benzene rings is 1. The second-order valence-electron chi connectivity index (χ2n) is 7.13. The van der Waals surface area contributed by atoms with Crippen molar-refractivity contribution in [3.8, 4) is 0 Å². The number of likely N-dealkylation sites (tertiary alicyclic amines) is 1. The number of carbonyl (C=O) groups excluding carboxylic acids is 1. The Balaban J connectivity index is 0. The SMILES string of the molecule is C=CCc1ccc(S(=O)O)cc1.CCC.CCC.NCCCCC(=O)N1CCCC1. The van der Waals surface area contributed by atoms with Crippen molar-refractivity contribution in [1.29, 1.82) is 0 Å². The van der Waals surface area contributed by atoms with Gasteiger partial charge in [-0.25, -0.2) is 4.21 Å². The van der Waals surface area contributed by atoms with Crippen LogP contribution in [0.25, 0.3) is 0 Å². The Hall–Kier alpha value is -1.50. The lowest BCUT2D eigenvalue weighted by Gasteiger charge is -2.14. The molecule has 1 saturated heterocycles. The van der Waals surface area contributed by atoms with Crippen molar-refractivity contribution in [2.45, 2.75) is 84.0 Å². The van der Waals surface area contributed by atoms with Crippen LogP contribution in [0.2, 0.25) is 0 Å². The number of amides is 1. The fourth-order valence-electron chi connectivity index (χ4n) is 2.45. The molecule has 1 aromatic rings. The van der Waals surface area contributed by atoms with Crippen molar-refractivity contribution in [1.82, 2.24) is 4.90 Å².